The summed E-state index contributed by atoms with van der Waals surface area (Å²) >= 11 is 0. The van der Waals surface area contributed by atoms with Crippen LogP contribution in [0.25, 0.3) is 0 Å². The van der Waals surface area contributed by atoms with E-state index in [0.29, 0.717) is 12.8 Å². The number of rotatable bonds is 7. The van der Waals surface area contributed by atoms with E-state index >= 15 is 4.39 Å². The lowest BCUT2D eigenvalue weighted by molar-refractivity contribution is -0.296. The van der Waals surface area contributed by atoms with Crippen molar-refractivity contribution in [1.82, 2.24) is 15.2 Å². The Morgan fingerprint density at radius 1 is 1.09 bits per heavy atom. The fourth-order valence-corrected chi connectivity index (χ4v) is 8.05. The average Bonchev–Trinajstić information content (AvgIpc) is 3.42. The summed E-state index contributed by atoms with van der Waals surface area (Å²) in [4.78, 5) is 60.9. The number of nitrogens with zero attached hydrogens (tertiary/aromatic N) is 2. The predicted molar refractivity (Wildman–Crippen MR) is 191 cm³/mol. The highest BCUT2D eigenvalue weighted by Crippen LogP contribution is 2.41. The first-order valence-corrected chi connectivity index (χ1v) is 18.4. The molecule has 3 saturated heterocycles. The van der Waals surface area contributed by atoms with Gasteiger partial charge in [-0.1, -0.05) is 45.6 Å². The average molecular weight is 746 g/mol. The number of ether oxygens (including phenoxy) is 5. The normalized spacial score (nSPS) is 39.9. The van der Waals surface area contributed by atoms with E-state index < -0.39 is 83.1 Å². The smallest absolute Gasteiger partial charge is 0.408 e. The minimum absolute atomic E-state index is 0.0545. The second-order valence-electron chi connectivity index (χ2n) is 15.6. The van der Waals surface area contributed by atoms with Crippen LogP contribution in [0.5, 0.6) is 0 Å². The van der Waals surface area contributed by atoms with Gasteiger partial charge in [0.05, 0.1) is 23.9 Å². The number of aromatic nitrogens is 1. The third kappa shape index (κ3) is 9.08. The van der Waals surface area contributed by atoms with Crippen LogP contribution in [0.15, 0.2) is 24.5 Å². The van der Waals surface area contributed by atoms with Gasteiger partial charge in [0.25, 0.3) is 5.67 Å². The number of esters is 1. The van der Waals surface area contributed by atoms with Crippen molar-refractivity contribution >= 4 is 23.6 Å². The van der Waals surface area contributed by atoms with Crippen LogP contribution in [-0.4, -0.2) is 119 Å². The number of likely N-dealkylation sites (N-methyl/N-ethyl adjacent to an activating group) is 1. The molecule has 53 heavy (non-hydrogen) atoms. The zero-order valence-corrected chi connectivity index (χ0v) is 32.5. The van der Waals surface area contributed by atoms with Crippen LogP contribution < -0.4 is 5.32 Å². The van der Waals surface area contributed by atoms with Crippen molar-refractivity contribution < 1.29 is 52.4 Å². The number of nitrogens with one attached hydrogen (secondary N) is 1. The lowest BCUT2D eigenvalue weighted by Crippen LogP contribution is -2.61. The lowest BCUT2D eigenvalue weighted by Gasteiger charge is -2.47. The Morgan fingerprint density at radius 3 is 2.42 bits per heavy atom. The molecule has 0 aromatic carbocycles. The molecule has 0 aliphatic carbocycles. The Kier molecular flexibility index (Phi) is 13.5. The highest BCUT2D eigenvalue weighted by atomic mass is 19.1. The first-order valence-electron chi connectivity index (χ1n) is 18.4. The monoisotopic (exact) mass is 745 g/mol. The number of hydrogen-bond acceptors (Lipinski definition) is 12. The summed E-state index contributed by atoms with van der Waals surface area (Å²) in [6.07, 6.45) is -1.97. The highest BCUT2D eigenvalue weighted by Gasteiger charge is 2.59. The second-order valence-corrected chi connectivity index (χ2v) is 15.6. The minimum atomic E-state index is -3.19. The number of alkyl halides is 1. The number of cyclic esters (lactones) is 1. The lowest BCUT2D eigenvalue weighted by atomic mass is 9.73. The fourth-order valence-electron chi connectivity index (χ4n) is 8.05. The predicted octanol–water partition coefficient (Wildman–Crippen LogP) is 3.58. The minimum Gasteiger partial charge on any atom is -0.455 e. The molecule has 4 heterocycles. The zero-order chi connectivity index (χ0) is 39.5. The van der Waals surface area contributed by atoms with Crippen LogP contribution in [0.3, 0.4) is 0 Å². The summed E-state index contributed by atoms with van der Waals surface area (Å²) < 4.78 is 47.2. The third-order valence-corrected chi connectivity index (χ3v) is 11.1. The molecule has 3 fully saturated rings. The summed E-state index contributed by atoms with van der Waals surface area (Å²) in [6, 6.07) is 2.34. The third-order valence-electron chi connectivity index (χ3n) is 11.1. The number of pyridine rings is 1. The Labute approximate surface area is 312 Å². The van der Waals surface area contributed by atoms with Crippen LogP contribution in [0.2, 0.25) is 0 Å². The number of aliphatic hydroxyl groups excluding tert-OH is 1. The van der Waals surface area contributed by atoms with E-state index in [4.69, 9.17) is 23.7 Å². The Morgan fingerprint density at radius 2 is 1.79 bits per heavy atom. The topological polar surface area (TPSA) is 163 Å². The van der Waals surface area contributed by atoms with Crippen LogP contribution in [0.4, 0.5) is 9.18 Å². The molecule has 14 heteroatoms. The fraction of sp³-hybridized carbons (Fsp3) is 0.718. The maximum atomic E-state index is 16.8. The Bertz CT molecular complexity index is 1550. The molecule has 294 valence electrons. The summed E-state index contributed by atoms with van der Waals surface area (Å²) in [6.45, 7) is 12.1. The molecule has 0 spiro atoms. The second kappa shape index (κ2) is 16.9. The van der Waals surface area contributed by atoms with Crippen molar-refractivity contribution in [2.24, 2.45) is 17.8 Å². The number of ketones is 2. The standard InChI is InChI=1S/C39H56FN3O10/c1-11-28-39(8)31(42-36(48)53-39)24(4)29(44)22(2)20-37(6,49-18-13-12-15-26-16-14-17-41-21-26)33(25(5)32(46)38(7,40)35(47)51-28)52-34-30(45)27(43(9)10)19-23(3)50-34/h14,16-17,21-25,27-28,30-31,33-34,45H,11,15,18-20H2,1-10H3,(H,42,48)/t22-,23-,24+,25+,27+,28-,30-,31-,33-,34+,37-,38+,39-/m1/s1. The maximum Gasteiger partial charge on any atom is 0.408 e. The van der Waals surface area contributed by atoms with Crippen LogP contribution in [0.1, 0.15) is 80.2 Å². The van der Waals surface area contributed by atoms with Crippen molar-refractivity contribution in [2.45, 2.75) is 141 Å². The first kappa shape index (κ1) is 42.3. The van der Waals surface area contributed by atoms with Gasteiger partial charge in [-0.2, -0.15) is 0 Å². The molecular formula is C39H56FN3O10. The van der Waals surface area contributed by atoms with Gasteiger partial charge in [-0.3, -0.25) is 14.6 Å². The molecule has 0 unspecified atom stereocenters. The van der Waals surface area contributed by atoms with Gasteiger partial charge in [-0.25, -0.2) is 14.0 Å². The van der Waals surface area contributed by atoms with Crippen molar-refractivity contribution in [2.75, 3.05) is 20.7 Å². The Hall–Kier alpha value is -3.48. The van der Waals surface area contributed by atoms with E-state index in [1.54, 1.807) is 46.2 Å². The van der Waals surface area contributed by atoms with E-state index in [-0.39, 0.29) is 37.4 Å². The number of carbonyl (C=O) groups excluding carboxylic acids is 4. The number of amides is 1. The van der Waals surface area contributed by atoms with Gasteiger partial charge in [0, 0.05) is 42.6 Å². The van der Waals surface area contributed by atoms with Gasteiger partial charge < -0.3 is 39.0 Å². The summed E-state index contributed by atoms with van der Waals surface area (Å²) in [5, 5.41) is 14.2. The SMILES string of the molecule is CC[C@H]1OC(=O)[C@@](C)(F)C(=O)[C@H](C)[C@@H](O[C@@H]2O[C@H](C)C[C@H](N(C)C)[C@H]2O)[C@](C)(OCC#CCc2cccnc2)C[C@@H](C)C(=O)[C@H](C)[C@H]2NC(=O)O[C@@]21C. The van der Waals surface area contributed by atoms with Gasteiger partial charge >= 0.3 is 12.1 Å². The zero-order valence-electron chi connectivity index (χ0n) is 32.5. The van der Waals surface area contributed by atoms with Crippen LogP contribution in [0, 0.1) is 29.6 Å². The van der Waals surface area contributed by atoms with Crippen molar-refractivity contribution in [1.29, 1.82) is 0 Å². The molecule has 3 aliphatic heterocycles. The molecule has 13 atom stereocenters. The van der Waals surface area contributed by atoms with Gasteiger partial charge in [0.1, 0.15) is 24.6 Å². The van der Waals surface area contributed by atoms with E-state index in [1.165, 1.54) is 13.8 Å². The molecule has 4 rings (SSSR count). The quantitative estimate of drug-likeness (QED) is 0.238. The molecule has 0 bridgehead atoms. The van der Waals surface area contributed by atoms with Crippen molar-refractivity contribution in [3.8, 4) is 11.8 Å². The number of aliphatic hydroxyl groups is 1. The summed E-state index contributed by atoms with van der Waals surface area (Å²) in [5.41, 5.74) is -5.42. The number of fused-ring (bicyclic) bond motifs is 1. The molecule has 13 nitrogen and oxygen atoms in total. The largest absolute Gasteiger partial charge is 0.455 e. The molecule has 2 N–H and O–H groups in total. The number of Topliss-reactive ketones (excluding diaryl/α,β-unsaturated/α-hetero) is 2. The van der Waals surface area contributed by atoms with Gasteiger partial charge in [0.2, 0.25) is 0 Å². The number of carbonyl (C=O) groups is 4. The molecule has 3 aliphatic rings. The van der Waals surface area contributed by atoms with E-state index in [1.807, 2.05) is 32.0 Å². The highest BCUT2D eigenvalue weighted by molar-refractivity contribution is 6.08. The number of alkyl carbamates (subject to hydrolysis) is 1. The van der Waals surface area contributed by atoms with Crippen LogP contribution >= 0.6 is 0 Å². The van der Waals surface area contributed by atoms with E-state index in [2.05, 4.69) is 22.1 Å². The summed E-state index contributed by atoms with van der Waals surface area (Å²) in [7, 11) is 3.63. The van der Waals surface area contributed by atoms with Crippen LogP contribution in [-0.2, 0) is 44.5 Å². The molecule has 0 radical (unpaired) electrons. The van der Waals surface area contributed by atoms with Crippen molar-refractivity contribution in [3.63, 3.8) is 0 Å². The first-order chi connectivity index (χ1) is 24.8. The summed E-state index contributed by atoms with van der Waals surface area (Å²) in [5.74, 6) is 0.0584. The molecule has 0 saturated carbocycles. The van der Waals surface area contributed by atoms with Crippen molar-refractivity contribution in [3.05, 3.63) is 30.1 Å². The van der Waals surface area contributed by atoms with E-state index in [0.717, 1.165) is 12.5 Å². The molecule has 1 amide bonds. The molecule has 1 aromatic heterocycles. The maximum absolute atomic E-state index is 16.8. The molecular weight excluding hydrogens is 689 g/mol. The number of halogens is 1. The van der Waals surface area contributed by atoms with Gasteiger partial charge in [0.15, 0.2) is 17.7 Å². The van der Waals surface area contributed by atoms with Gasteiger partial charge in [-0.15, -0.1) is 0 Å². The number of hydrogen-bond donors (Lipinski definition) is 2. The van der Waals surface area contributed by atoms with Gasteiger partial charge in [-0.05, 0) is 72.7 Å². The molecule has 1 aromatic rings. The van der Waals surface area contributed by atoms with E-state index in [9.17, 15) is 24.3 Å². The Balaban J connectivity index is 1.82.